The van der Waals surface area contributed by atoms with Crippen LogP contribution in [0.5, 0.6) is 0 Å². The van der Waals surface area contributed by atoms with E-state index < -0.39 is 0 Å². The van der Waals surface area contributed by atoms with E-state index in [0.717, 1.165) is 24.6 Å². The van der Waals surface area contributed by atoms with Crippen molar-refractivity contribution in [3.05, 3.63) is 17.8 Å². The summed E-state index contributed by atoms with van der Waals surface area (Å²) in [6.07, 6.45) is 6.74. The van der Waals surface area contributed by atoms with Crippen molar-refractivity contribution < 1.29 is 4.42 Å². The summed E-state index contributed by atoms with van der Waals surface area (Å²) in [6, 6.07) is 0.847. The van der Waals surface area contributed by atoms with Crippen molar-refractivity contribution in [2.24, 2.45) is 0 Å². The van der Waals surface area contributed by atoms with E-state index in [1.54, 1.807) is 0 Å². The maximum Gasteiger partial charge on any atom is 0.196 e. The third-order valence-electron chi connectivity index (χ3n) is 4.00. The molecule has 102 valence electrons. The van der Waals surface area contributed by atoms with Gasteiger partial charge in [0.05, 0.1) is 12.2 Å². The third kappa shape index (κ3) is 3.12. The second-order valence-corrected chi connectivity index (χ2v) is 5.15. The molecule has 1 saturated heterocycles. The minimum absolute atomic E-state index is 0.236. The highest BCUT2D eigenvalue weighted by atomic mass is 16.4. The molecule has 1 fully saturated rings. The molecule has 2 rings (SSSR count). The fourth-order valence-electron chi connectivity index (χ4n) is 2.67. The standard InChI is InChI=1S/C14H25N3O/c1-4-17-8-6-5-7-12(17)9-14-16-10-13(18-14)11(2)15-3/h10-12,15H,4-9H2,1-3H3. The monoisotopic (exact) mass is 251 g/mol. The Bertz CT molecular complexity index is 364. The number of oxazole rings is 1. The molecule has 0 saturated carbocycles. The fourth-order valence-corrected chi connectivity index (χ4v) is 2.67. The van der Waals surface area contributed by atoms with E-state index in [1.165, 1.54) is 25.8 Å². The van der Waals surface area contributed by atoms with E-state index in [9.17, 15) is 0 Å². The van der Waals surface area contributed by atoms with Crippen LogP contribution in [-0.2, 0) is 6.42 Å². The van der Waals surface area contributed by atoms with E-state index in [1.807, 2.05) is 13.2 Å². The Balaban J connectivity index is 1.97. The zero-order chi connectivity index (χ0) is 13.0. The first-order valence-corrected chi connectivity index (χ1v) is 7.10. The first-order chi connectivity index (χ1) is 8.74. The lowest BCUT2D eigenvalue weighted by molar-refractivity contribution is 0.148. The highest BCUT2D eigenvalue weighted by molar-refractivity contribution is 5.00. The molecule has 1 N–H and O–H groups in total. The van der Waals surface area contributed by atoms with E-state index in [4.69, 9.17) is 4.42 Å². The predicted octanol–water partition coefficient (Wildman–Crippen LogP) is 2.37. The van der Waals surface area contributed by atoms with Crippen LogP contribution in [0.4, 0.5) is 0 Å². The number of hydrogen-bond donors (Lipinski definition) is 1. The van der Waals surface area contributed by atoms with Crippen molar-refractivity contribution in [2.75, 3.05) is 20.1 Å². The van der Waals surface area contributed by atoms with Crippen LogP contribution in [0.1, 0.15) is 50.8 Å². The molecular formula is C14H25N3O. The number of aromatic nitrogens is 1. The zero-order valence-electron chi connectivity index (χ0n) is 11.8. The Morgan fingerprint density at radius 2 is 2.39 bits per heavy atom. The summed E-state index contributed by atoms with van der Waals surface area (Å²) in [7, 11) is 1.94. The molecule has 1 aliphatic rings. The van der Waals surface area contributed by atoms with Gasteiger partial charge in [-0.25, -0.2) is 4.98 Å². The van der Waals surface area contributed by atoms with Crippen molar-refractivity contribution >= 4 is 0 Å². The Hall–Kier alpha value is -0.870. The molecule has 2 heterocycles. The van der Waals surface area contributed by atoms with Gasteiger partial charge in [0.25, 0.3) is 0 Å². The van der Waals surface area contributed by atoms with Crippen LogP contribution in [0.3, 0.4) is 0 Å². The van der Waals surface area contributed by atoms with E-state index in [2.05, 4.69) is 29.0 Å². The van der Waals surface area contributed by atoms with Crippen LogP contribution in [0.2, 0.25) is 0 Å². The number of nitrogens with one attached hydrogen (secondary N) is 1. The van der Waals surface area contributed by atoms with Crippen molar-refractivity contribution in [1.82, 2.24) is 15.2 Å². The number of hydrogen-bond acceptors (Lipinski definition) is 4. The van der Waals surface area contributed by atoms with Crippen molar-refractivity contribution in [1.29, 1.82) is 0 Å². The van der Waals surface area contributed by atoms with Crippen molar-refractivity contribution in [3.63, 3.8) is 0 Å². The summed E-state index contributed by atoms with van der Waals surface area (Å²) in [5, 5.41) is 3.17. The Morgan fingerprint density at radius 1 is 1.56 bits per heavy atom. The molecule has 0 amide bonds. The summed E-state index contributed by atoms with van der Waals surface area (Å²) in [6.45, 7) is 6.68. The molecule has 4 heteroatoms. The van der Waals surface area contributed by atoms with Gasteiger partial charge in [0.1, 0.15) is 5.76 Å². The van der Waals surface area contributed by atoms with Gasteiger partial charge in [-0.05, 0) is 39.9 Å². The van der Waals surface area contributed by atoms with Crippen LogP contribution in [0, 0.1) is 0 Å². The van der Waals surface area contributed by atoms with Gasteiger partial charge >= 0.3 is 0 Å². The Kier molecular flexibility index (Phi) is 4.78. The second kappa shape index (κ2) is 6.34. The number of nitrogens with zero attached hydrogens (tertiary/aromatic N) is 2. The number of piperidine rings is 1. The normalized spacial score (nSPS) is 23.2. The summed E-state index contributed by atoms with van der Waals surface area (Å²) in [5.74, 6) is 1.82. The fraction of sp³-hybridized carbons (Fsp3) is 0.786. The number of likely N-dealkylation sites (N-methyl/N-ethyl adjacent to an activating group) is 1. The molecule has 2 atom stereocenters. The molecular weight excluding hydrogens is 226 g/mol. The van der Waals surface area contributed by atoms with Crippen LogP contribution < -0.4 is 5.32 Å². The molecule has 1 aliphatic heterocycles. The first-order valence-electron chi connectivity index (χ1n) is 7.10. The summed E-state index contributed by atoms with van der Waals surface area (Å²) in [5.41, 5.74) is 0. The van der Waals surface area contributed by atoms with Crippen LogP contribution >= 0.6 is 0 Å². The molecule has 1 aromatic rings. The summed E-state index contributed by atoms with van der Waals surface area (Å²) in [4.78, 5) is 6.97. The van der Waals surface area contributed by atoms with E-state index >= 15 is 0 Å². The maximum absolute atomic E-state index is 5.83. The second-order valence-electron chi connectivity index (χ2n) is 5.15. The zero-order valence-corrected chi connectivity index (χ0v) is 11.8. The van der Waals surface area contributed by atoms with Gasteiger partial charge in [0.2, 0.25) is 0 Å². The molecule has 4 nitrogen and oxygen atoms in total. The van der Waals surface area contributed by atoms with Gasteiger partial charge in [-0.15, -0.1) is 0 Å². The van der Waals surface area contributed by atoms with Gasteiger partial charge in [0, 0.05) is 12.5 Å². The number of likely N-dealkylation sites (tertiary alicyclic amines) is 1. The SMILES string of the molecule is CCN1CCCCC1Cc1ncc(C(C)NC)o1. The summed E-state index contributed by atoms with van der Waals surface area (Å²) < 4.78 is 5.83. The minimum atomic E-state index is 0.236. The molecule has 0 bridgehead atoms. The minimum Gasteiger partial charge on any atom is -0.444 e. The molecule has 2 unspecified atom stereocenters. The summed E-state index contributed by atoms with van der Waals surface area (Å²) >= 11 is 0. The molecule has 18 heavy (non-hydrogen) atoms. The smallest absolute Gasteiger partial charge is 0.196 e. The lowest BCUT2D eigenvalue weighted by Gasteiger charge is -2.34. The van der Waals surface area contributed by atoms with Crippen molar-refractivity contribution in [3.8, 4) is 0 Å². The van der Waals surface area contributed by atoms with E-state index in [-0.39, 0.29) is 6.04 Å². The average Bonchev–Trinajstić information content (AvgIpc) is 2.87. The Morgan fingerprint density at radius 3 is 3.11 bits per heavy atom. The molecule has 1 aromatic heterocycles. The molecule has 0 radical (unpaired) electrons. The van der Waals surface area contributed by atoms with Crippen LogP contribution in [0.25, 0.3) is 0 Å². The average molecular weight is 251 g/mol. The lowest BCUT2D eigenvalue weighted by atomic mass is 9.99. The first kappa shape index (κ1) is 13.6. The quantitative estimate of drug-likeness (QED) is 0.872. The molecule has 0 spiro atoms. The van der Waals surface area contributed by atoms with Crippen molar-refractivity contribution in [2.45, 2.75) is 51.6 Å². The largest absolute Gasteiger partial charge is 0.444 e. The maximum atomic E-state index is 5.83. The third-order valence-corrected chi connectivity index (χ3v) is 4.00. The van der Waals surface area contributed by atoms with Gasteiger partial charge in [0.15, 0.2) is 5.89 Å². The number of rotatable bonds is 5. The van der Waals surface area contributed by atoms with Gasteiger partial charge in [-0.3, -0.25) is 0 Å². The van der Waals surface area contributed by atoms with E-state index in [0.29, 0.717) is 6.04 Å². The molecule has 0 aromatic carbocycles. The lowest BCUT2D eigenvalue weighted by Crippen LogP contribution is -2.40. The highest BCUT2D eigenvalue weighted by Gasteiger charge is 2.23. The van der Waals surface area contributed by atoms with Crippen LogP contribution in [-0.4, -0.2) is 36.1 Å². The topological polar surface area (TPSA) is 41.3 Å². The Labute approximate surface area is 110 Å². The van der Waals surface area contributed by atoms with Gasteiger partial charge in [-0.1, -0.05) is 13.3 Å². The van der Waals surface area contributed by atoms with Gasteiger partial charge in [-0.2, -0.15) is 0 Å². The highest BCUT2D eigenvalue weighted by Crippen LogP contribution is 2.21. The van der Waals surface area contributed by atoms with Crippen LogP contribution in [0.15, 0.2) is 10.6 Å². The predicted molar refractivity (Wildman–Crippen MR) is 72.6 cm³/mol. The van der Waals surface area contributed by atoms with Gasteiger partial charge < -0.3 is 14.6 Å². The molecule has 0 aliphatic carbocycles.